The van der Waals surface area contributed by atoms with Crippen LogP contribution in [0.4, 0.5) is 11.4 Å². The Hall–Kier alpha value is -1.55. The number of methoxy groups -OCH3 is 1. The first kappa shape index (κ1) is 13.4. The molecule has 0 radical (unpaired) electrons. The zero-order chi connectivity index (χ0) is 13.9. The normalized spacial score (nSPS) is 20.2. The van der Waals surface area contributed by atoms with Crippen LogP contribution in [0.25, 0.3) is 0 Å². The van der Waals surface area contributed by atoms with E-state index in [4.69, 9.17) is 4.74 Å². The van der Waals surface area contributed by atoms with E-state index in [9.17, 15) is 4.79 Å². The largest absolute Gasteiger partial charge is 0.383 e. The van der Waals surface area contributed by atoms with Gasteiger partial charge in [0, 0.05) is 31.5 Å². The Bertz CT molecular complexity index is 468. The first-order valence-corrected chi connectivity index (χ1v) is 7.44. The molecule has 1 atom stereocenters. The summed E-state index contributed by atoms with van der Waals surface area (Å²) in [7, 11) is 1.75. The molecule has 20 heavy (non-hydrogen) atoms. The van der Waals surface area contributed by atoms with Crippen LogP contribution in [0.15, 0.2) is 24.3 Å². The first-order valence-electron chi connectivity index (χ1n) is 7.44. The van der Waals surface area contributed by atoms with Crippen LogP contribution >= 0.6 is 0 Å². The smallest absolute Gasteiger partial charge is 0.227 e. The van der Waals surface area contributed by atoms with E-state index in [0.717, 1.165) is 36.9 Å². The molecule has 1 saturated carbocycles. The van der Waals surface area contributed by atoms with Crippen molar-refractivity contribution < 1.29 is 9.53 Å². The summed E-state index contributed by atoms with van der Waals surface area (Å²) in [6, 6.07) is 8.59. The molecule has 1 amide bonds. The molecule has 3 rings (SSSR count). The van der Waals surface area contributed by atoms with Crippen molar-refractivity contribution in [2.45, 2.75) is 31.7 Å². The number of hydrogen-bond donors (Lipinski definition) is 1. The number of hydrogen-bond acceptors (Lipinski definition) is 3. The maximum Gasteiger partial charge on any atom is 0.227 e. The van der Waals surface area contributed by atoms with Crippen molar-refractivity contribution in [3.05, 3.63) is 24.3 Å². The summed E-state index contributed by atoms with van der Waals surface area (Å²) in [6.45, 7) is 1.59. The third-order valence-corrected chi connectivity index (χ3v) is 4.14. The van der Waals surface area contributed by atoms with Crippen LogP contribution in [0.3, 0.4) is 0 Å². The summed E-state index contributed by atoms with van der Waals surface area (Å²) in [5.41, 5.74) is 2.11. The quantitative estimate of drug-likeness (QED) is 0.867. The van der Waals surface area contributed by atoms with E-state index in [0.29, 0.717) is 12.5 Å². The van der Waals surface area contributed by atoms with E-state index < -0.39 is 0 Å². The molecule has 4 heteroatoms. The third kappa shape index (κ3) is 2.96. The molecule has 108 valence electrons. The molecule has 4 nitrogen and oxygen atoms in total. The molecule has 1 aliphatic heterocycles. The Kier molecular flexibility index (Phi) is 3.92. The van der Waals surface area contributed by atoms with Crippen molar-refractivity contribution in [2.75, 3.05) is 30.5 Å². The highest BCUT2D eigenvalue weighted by Crippen LogP contribution is 2.34. The van der Waals surface area contributed by atoms with Crippen LogP contribution in [0.5, 0.6) is 0 Å². The molecule has 1 heterocycles. The highest BCUT2D eigenvalue weighted by molar-refractivity contribution is 5.95. The number of carbonyl (C=O) groups is 1. The second kappa shape index (κ2) is 5.83. The zero-order valence-electron chi connectivity index (χ0n) is 12.0. The molecule has 2 fully saturated rings. The molecule has 1 aromatic carbocycles. The standard InChI is InChI=1S/C16H22N2O2/c1-20-11-15(12-4-5-12)17-13-6-8-14(9-7-13)18-10-2-3-16(18)19/h6-9,12,15,17H,2-5,10-11H2,1H3. The van der Waals surface area contributed by atoms with Crippen molar-refractivity contribution in [3.63, 3.8) is 0 Å². The van der Waals surface area contributed by atoms with Gasteiger partial charge in [-0.2, -0.15) is 0 Å². The molecule has 1 aliphatic carbocycles. The van der Waals surface area contributed by atoms with Gasteiger partial charge in [0.25, 0.3) is 0 Å². The first-order chi connectivity index (χ1) is 9.78. The number of anilines is 2. The van der Waals surface area contributed by atoms with E-state index >= 15 is 0 Å². The summed E-state index contributed by atoms with van der Waals surface area (Å²) in [6.07, 6.45) is 4.23. The number of carbonyl (C=O) groups excluding carboxylic acids is 1. The van der Waals surface area contributed by atoms with E-state index in [2.05, 4.69) is 17.4 Å². The Balaban J connectivity index is 1.64. The molecule has 0 spiro atoms. The van der Waals surface area contributed by atoms with E-state index in [-0.39, 0.29) is 5.91 Å². The van der Waals surface area contributed by atoms with Crippen molar-refractivity contribution >= 4 is 17.3 Å². The van der Waals surface area contributed by atoms with Gasteiger partial charge in [-0.25, -0.2) is 0 Å². The van der Waals surface area contributed by atoms with Gasteiger partial charge in [0.1, 0.15) is 0 Å². The summed E-state index contributed by atoms with van der Waals surface area (Å²) >= 11 is 0. The lowest BCUT2D eigenvalue weighted by Crippen LogP contribution is -2.27. The van der Waals surface area contributed by atoms with Gasteiger partial charge >= 0.3 is 0 Å². The minimum Gasteiger partial charge on any atom is -0.383 e. The molecular weight excluding hydrogens is 252 g/mol. The van der Waals surface area contributed by atoms with Crippen LogP contribution in [-0.2, 0) is 9.53 Å². The lowest BCUT2D eigenvalue weighted by atomic mass is 10.1. The Morgan fingerprint density at radius 1 is 1.35 bits per heavy atom. The maximum absolute atomic E-state index is 11.7. The Labute approximate surface area is 120 Å². The number of benzene rings is 1. The van der Waals surface area contributed by atoms with Crippen LogP contribution in [-0.4, -0.2) is 32.2 Å². The van der Waals surface area contributed by atoms with Gasteiger partial charge in [-0.15, -0.1) is 0 Å². The molecule has 1 aromatic rings. The van der Waals surface area contributed by atoms with Crippen molar-refractivity contribution in [1.82, 2.24) is 0 Å². The lowest BCUT2D eigenvalue weighted by Gasteiger charge is -2.20. The van der Waals surface area contributed by atoms with Gasteiger partial charge in [0.15, 0.2) is 0 Å². The minimum absolute atomic E-state index is 0.237. The monoisotopic (exact) mass is 274 g/mol. The average molecular weight is 274 g/mol. The SMILES string of the molecule is COCC(Nc1ccc(N2CCCC2=O)cc1)C1CC1. The van der Waals surface area contributed by atoms with E-state index in [1.54, 1.807) is 7.11 Å². The van der Waals surface area contributed by atoms with Crippen molar-refractivity contribution in [1.29, 1.82) is 0 Å². The fraction of sp³-hybridized carbons (Fsp3) is 0.562. The fourth-order valence-electron chi connectivity index (χ4n) is 2.85. The Morgan fingerprint density at radius 2 is 2.10 bits per heavy atom. The molecule has 1 unspecified atom stereocenters. The van der Waals surface area contributed by atoms with Crippen LogP contribution < -0.4 is 10.2 Å². The second-order valence-corrected chi connectivity index (χ2v) is 5.74. The summed E-state index contributed by atoms with van der Waals surface area (Å²) in [4.78, 5) is 13.6. The van der Waals surface area contributed by atoms with E-state index in [1.807, 2.05) is 17.0 Å². The topological polar surface area (TPSA) is 41.6 Å². The minimum atomic E-state index is 0.237. The van der Waals surface area contributed by atoms with Gasteiger partial charge < -0.3 is 15.0 Å². The predicted octanol–water partition coefficient (Wildman–Crippen LogP) is 2.65. The van der Waals surface area contributed by atoms with Crippen LogP contribution in [0.2, 0.25) is 0 Å². The van der Waals surface area contributed by atoms with Gasteiger partial charge in [-0.1, -0.05) is 0 Å². The van der Waals surface area contributed by atoms with Crippen LogP contribution in [0, 0.1) is 5.92 Å². The summed E-state index contributed by atoms with van der Waals surface area (Å²) in [5, 5.41) is 3.54. The van der Waals surface area contributed by atoms with Gasteiger partial charge in [-0.3, -0.25) is 4.79 Å². The van der Waals surface area contributed by atoms with Gasteiger partial charge in [0.05, 0.1) is 12.6 Å². The fourth-order valence-corrected chi connectivity index (χ4v) is 2.85. The number of ether oxygens (including phenoxy) is 1. The van der Waals surface area contributed by atoms with Crippen molar-refractivity contribution in [2.24, 2.45) is 5.92 Å². The summed E-state index contributed by atoms with van der Waals surface area (Å²) < 4.78 is 5.28. The molecule has 0 bridgehead atoms. The van der Waals surface area contributed by atoms with Gasteiger partial charge in [-0.05, 0) is 49.4 Å². The molecule has 0 aromatic heterocycles. The second-order valence-electron chi connectivity index (χ2n) is 5.74. The van der Waals surface area contributed by atoms with Gasteiger partial charge in [0.2, 0.25) is 5.91 Å². The maximum atomic E-state index is 11.7. The molecule has 1 saturated heterocycles. The number of rotatable bonds is 6. The Morgan fingerprint density at radius 3 is 2.65 bits per heavy atom. The predicted molar refractivity (Wildman–Crippen MR) is 80.0 cm³/mol. The molecule has 2 aliphatic rings. The molecular formula is C16H22N2O2. The highest BCUT2D eigenvalue weighted by atomic mass is 16.5. The highest BCUT2D eigenvalue weighted by Gasteiger charge is 2.31. The summed E-state index contributed by atoms with van der Waals surface area (Å²) in [5.74, 6) is 0.982. The van der Waals surface area contributed by atoms with Crippen molar-refractivity contribution in [3.8, 4) is 0 Å². The number of amides is 1. The number of nitrogens with one attached hydrogen (secondary N) is 1. The average Bonchev–Trinajstić information content (AvgIpc) is 3.22. The zero-order valence-corrected chi connectivity index (χ0v) is 12.0. The molecule has 1 N–H and O–H groups in total. The lowest BCUT2D eigenvalue weighted by molar-refractivity contribution is -0.117. The van der Waals surface area contributed by atoms with Crippen LogP contribution in [0.1, 0.15) is 25.7 Å². The van der Waals surface area contributed by atoms with E-state index in [1.165, 1.54) is 12.8 Å². The number of nitrogens with zero attached hydrogens (tertiary/aromatic N) is 1. The third-order valence-electron chi connectivity index (χ3n) is 4.14.